The van der Waals surface area contributed by atoms with Crippen LogP contribution in [0.3, 0.4) is 0 Å². The molecular formula is C14H25N5O. The quantitative estimate of drug-likeness (QED) is 0.849. The van der Waals surface area contributed by atoms with Crippen molar-refractivity contribution in [3.8, 4) is 0 Å². The molecule has 2 rings (SSSR count). The Morgan fingerprint density at radius 3 is 2.85 bits per heavy atom. The molecule has 1 amide bonds. The Hall–Kier alpha value is -1.43. The first-order valence-corrected chi connectivity index (χ1v) is 7.57. The molecule has 1 aliphatic rings. The largest absolute Gasteiger partial charge is 0.338 e. The lowest BCUT2D eigenvalue weighted by atomic mass is 9.94. The zero-order valence-electron chi connectivity index (χ0n) is 12.5. The highest BCUT2D eigenvalue weighted by atomic mass is 16.2. The van der Waals surface area contributed by atoms with Crippen LogP contribution in [0.15, 0.2) is 6.20 Å². The summed E-state index contributed by atoms with van der Waals surface area (Å²) in [6.07, 6.45) is 7.90. The van der Waals surface area contributed by atoms with E-state index in [2.05, 4.69) is 22.6 Å². The van der Waals surface area contributed by atoms with Gasteiger partial charge in [-0.1, -0.05) is 24.5 Å². The molecule has 112 valence electrons. The summed E-state index contributed by atoms with van der Waals surface area (Å²) in [7, 11) is 1.87. The zero-order valence-corrected chi connectivity index (χ0v) is 12.5. The summed E-state index contributed by atoms with van der Waals surface area (Å²) < 4.78 is 1.64. The van der Waals surface area contributed by atoms with Crippen molar-refractivity contribution >= 4 is 5.91 Å². The van der Waals surface area contributed by atoms with Gasteiger partial charge in [-0.3, -0.25) is 4.79 Å². The molecule has 1 fully saturated rings. The summed E-state index contributed by atoms with van der Waals surface area (Å²) in [4.78, 5) is 14.4. The van der Waals surface area contributed by atoms with Gasteiger partial charge in [-0.05, 0) is 26.8 Å². The van der Waals surface area contributed by atoms with E-state index in [0.717, 1.165) is 25.1 Å². The van der Waals surface area contributed by atoms with Gasteiger partial charge in [-0.2, -0.15) is 0 Å². The molecule has 1 aromatic heterocycles. The third-order valence-electron chi connectivity index (χ3n) is 3.92. The minimum Gasteiger partial charge on any atom is -0.338 e. The number of carbonyl (C=O) groups is 1. The Bertz CT molecular complexity index is 425. The van der Waals surface area contributed by atoms with E-state index in [-0.39, 0.29) is 5.91 Å². The molecule has 6 heteroatoms. The normalized spacial score (nSPS) is 16.3. The summed E-state index contributed by atoms with van der Waals surface area (Å²) in [6.45, 7) is 3.80. The maximum atomic E-state index is 12.4. The smallest absolute Gasteiger partial charge is 0.244 e. The number of carbonyl (C=O) groups excluding carboxylic acids is 1. The number of likely N-dealkylation sites (N-methyl/N-ethyl adjacent to an activating group) is 1. The molecule has 0 aromatic carbocycles. The van der Waals surface area contributed by atoms with Gasteiger partial charge in [0.05, 0.1) is 11.9 Å². The number of rotatable bonds is 6. The van der Waals surface area contributed by atoms with Crippen LogP contribution in [0.2, 0.25) is 0 Å². The average molecular weight is 279 g/mol. The van der Waals surface area contributed by atoms with Crippen molar-refractivity contribution in [1.82, 2.24) is 25.2 Å². The lowest BCUT2D eigenvalue weighted by molar-refractivity contribution is -0.134. The zero-order chi connectivity index (χ0) is 14.4. The molecule has 0 radical (unpaired) electrons. The molecule has 0 atom stereocenters. The first-order chi connectivity index (χ1) is 9.74. The third kappa shape index (κ3) is 3.79. The Kier molecular flexibility index (Phi) is 5.52. The summed E-state index contributed by atoms with van der Waals surface area (Å²) in [5.74, 6) is 0.153. The van der Waals surface area contributed by atoms with Crippen molar-refractivity contribution in [1.29, 1.82) is 0 Å². The van der Waals surface area contributed by atoms with Crippen LogP contribution in [0.25, 0.3) is 0 Å². The number of nitrogens with one attached hydrogen (secondary N) is 1. The lowest BCUT2D eigenvalue weighted by Gasteiger charge is -2.33. The van der Waals surface area contributed by atoms with Gasteiger partial charge in [0.2, 0.25) is 5.91 Å². The number of hydrogen-bond acceptors (Lipinski definition) is 4. The van der Waals surface area contributed by atoms with Crippen LogP contribution >= 0.6 is 0 Å². The Morgan fingerprint density at radius 1 is 1.45 bits per heavy atom. The van der Waals surface area contributed by atoms with Gasteiger partial charge in [-0.15, -0.1) is 5.10 Å². The van der Waals surface area contributed by atoms with Gasteiger partial charge in [-0.25, -0.2) is 4.68 Å². The molecule has 1 N–H and O–H groups in total. The summed E-state index contributed by atoms with van der Waals surface area (Å²) in [6, 6.07) is 0.418. The maximum absolute atomic E-state index is 12.4. The van der Waals surface area contributed by atoms with Gasteiger partial charge in [0.25, 0.3) is 0 Å². The van der Waals surface area contributed by atoms with E-state index < -0.39 is 0 Å². The van der Waals surface area contributed by atoms with Crippen LogP contribution in [-0.2, 0) is 17.9 Å². The minimum atomic E-state index is 0.153. The Balaban J connectivity index is 1.93. The lowest BCUT2D eigenvalue weighted by Crippen LogP contribution is -2.43. The van der Waals surface area contributed by atoms with E-state index in [1.165, 1.54) is 19.3 Å². The van der Waals surface area contributed by atoms with Gasteiger partial charge >= 0.3 is 0 Å². The average Bonchev–Trinajstić information content (AvgIpc) is 2.88. The van der Waals surface area contributed by atoms with Crippen molar-refractivity contribution in [2.24, 2.45) is 0 Å². The first-order valence-electron chi connectivity index (χ1n) is 7.57. The van der Waals surface area contributed by atoms with Crippen molar-refractivity contribution < 1.29 is 4.79 Å². The summed E-state index contributed by atoms with van der Waals surface area (Å²) in [5, 5.41) is 11.1. The monoisotopic (exact) mass is 279 g/mol. The van der Waals surface area contributed by atoms with Crippen LogP contribution in [0.5, 0.6) is 0 Å². The number of nitrogens with zero attached hydrogens (tertiary/aromatic N) is 4. The predicted molar refractivity (Wildman–Crippen MR) is 77.0 cm³/mol. The van der Waals surface area contributed by atoms with Crippen LogP contribution in [0.1, 0.15) is 44.7 Å². The summed E-state index contributed by atoms with van der Waals surface area (Å²) in [5.41, 5.74) is 0.862. The van der Waals surface area contributed by atoms with E-state index in [0.29, 0.717) is 19.1 Å². The van der Waals surface area contributed by atoms with Crippen LogP contribution in [0.4, 0.5) is 0 Å². The van der Waals surface area contributed by atoms with Crippen molar-refractivity contribution in [3.63, 3.8) is 0 Å². The first kappa shape index (κ1) is 15.0. The van der Waals surface area contributed by atoms with Crippen LogP contribution in [0, 0.1) is 0 Å². The van der Waals surface area contributed by atoms with Gasteiger partial charge in [0.15, 0.2) is 0 Å². The van der Waals surface area contributed by atoms with Gasteiger partial charge in [0, 0.05) is 19.1 Å². The molecular weight excluding hydrogens is 254 g/mol. The second-order valence-electron chi connectivity index (χ2n) is 5.41. The highest BCUT2D eigenvalue weighted by Crippen LogP contribution is 2.22. The summed E-state index contributed by atoms with van der Waals surface area (Å²) >= 11 is 0. The molecule has 0 aliphatic heterocycles. The Morgan fingerprint density at radius 2 is 2.20 bits per heavy atom. The highest BCUT2D eigenvalue weighted by Gasteiger charge is 2.24. The second kappa shape index (κ2) is 7.38. The molecule has 1 saturated carbocycles. The van der Waals surface area contributed by atoms with Crippen molar-refractivity contribution in [2.45, 2.75) is 58.2 Å². The molecule has 1 aliphatic carbocycles. The van der Waals surface area contributed by atoms with Gasteiger partial charge in [0.1, 0.15) is 6.54 Å². The van der Waals surface area contributed by atoms with Crippen molar-refractivity contribution in [2.75, 3.05) is 13.6 Å². The van der Waals surface area contributed by atoms with Crippen LogP contribution < -0.4 is 5.32 Å². The third-order valence-corrected chi connectivity index (χ3v) is 3.92. The second-order valence-corrected chi connectivity index (χ2v) is 5.41. The van der Waals surface area contributed by atoms with E-state index in [1.54, 1.807) is 4.68 Å². The molecule has 1 aromatic rings. The standard InChI is InChI=1S/C14H25N5O/c1-3-19(13-7-5-4-6-8-13)14(20)11-18-10-12(9-15-2)16-17-18/h10,13,15H,3-9,11H2,1-2H3. The minimum absolute atomic E-state index is 0.153. The van der Waals surface area contributed by atoms with Gasteiger partial charge < -0.3 is 10.2 Å². The van der Waals surface area contributed by atoms with E-state index in [4.69, 9.17) is 0 Å². The molecule has 0 saturated heterocycles. The molecule has 6 nitrogen and oxygen atoms in total. The fourth-order valence-corrected chi connectivity index (χ4v) is 2.94. The number of aromatic nitrogens is 3. The SMILES string of the molecule is CCN(C(=O)Cn1cc(CNC)nn1)C1CCCCC1. The van der Waals surface area contributed by atoms with E-state index in [1.807, 2.05) is 18.1 Å². The molecule has 1 heterocycles. The molecule has 0 unspecified atom stereocenters. The Labute approximate surface area is 120 Å². The highest BCUT2D eigenvalue weighted by molar-refractivity contribution is 5.76. The van der Waals surface area contributed by atoms with Crippen LogP contribution in [-0.4, -0.2) is 45.4 Å². The molecule has 0 bridgehead atoms. The van der Waals surface area contributed by atoms with E-state index in [9.17, 15) is 4.79 Å². The van der Waals surface area contributed by atoms with Crippen molar-refractivity contribution in [3.05, 3.63) is 11.9 Å². The predicted octanol–water partition coefficient (Wildman–Crippen LogP) is 1.18. The van der Waals surface area contributed by atoms with E-state index >= 15 is 0 Å². The maximum Gasteiger partial charge on any atom is 0.244 e. The fraction of sp³-hybridized carbons (Fsp3) is 0.786. The number of hydrogen-bond donors (Lipinski definition) is 1. The fourth-order valence-electron chi connectivity index (χ4n) is 2.94. The molecule has 20 heavy (non-hydrogen) atoms. The number of amides is 1. The topological polar surface area (TPSA) is 63.1 Å². The molecule has 0 spiro atoms.